The molecule has 1 unspecified atom stereocenters. The molecule has 172 valence electrons. The molecule has 1 atom stereocenters. The van der Waals surface area contributed by atoms with E-state index in [1.54, 1.807) is 4.90 Å². The number of hydrogen-bond donors (Lipinski definition) is 0. The molecule has 1 amide bonds. The average molecular weight is 462 g/mol. The Kier molecular flexibility index (Phi) is 5.20. The van der Waals surface area contributed by atoms with Gasteiger partial charge < -0.3 is 9.47 Å². The molecule has 0 saturated carbocycles. The monoisotopic (exact) mass is 461 g/mol. The highest BCUT2D eigenvalue weighted by Crippen LogP contribution is 2.55. The van der Waals surface area contributed by atoms with Gasteiger partial charge in [-0.1, -0.05) is 109 Å². The molecule has 0 aromatic heterocycles. The third kappa shape index (κ3) is 3.27. The Morgan fingerprint density at radius 1 is 0.714 bits per heavy atom. The third-order valence-corrected chi connectivity index (χ3v) is 6.83. The molecule has 2 aliphatic rings. The summed E-state index contributed by atoms with van der Waals surface area (Å²) in [5.74, 6) is -0.597. The molecule has 5 nitrogen and oxygen atoms in total. The van der Waals surface area contributed by atoms with Crippen molar-refractivity contribution >= 4 is 12.1 Å². The van der Waals surface area contributed by atoms with E-state index in [-0.39, 0.29) is 6.61 Å². The predicted octanol–water partition coefficient (Wildman–Crippen LogP) is 5.52. The fourth-order valence-corrected chi connectivity index (χ4v) is 5.41. The molecule has 0 bridgehead atoms. The van der Waals surface area contributed by atoms with Crippen molar-refractivity contribution in [1.82, 2.24) is 4.90 Å². The predicted molar refractivity (Wildman–Crippen MR) is 131 cm³/mol. The maximum absolute atomic E-state index is 13.4. The van der Waals surface area contributed by atoms with Crippen LogP contribution in [0.1, 0.15) is 22.3 Å². The molecule has 0 radical (unpaired) electrons. The molecule has 1 heterocycles. The number of carbonyl (C=O) groups excluding carboxylic acids is 2. The Bertz CT molecular complexity index is 1350. The Morgan fingerprint density at radius 2 is 1.26 bits per heavy atom. The van der Waals surface area contributed by atoms with Gasteiger partial charge in [0, 0.05) is 0 Å². The van der Waals surface area contributed by atoms with Crippen molar-refractivity contribution in [1.29, 1.82) is 0 Å². The van der Waals surface area contributed by atoms with E-state index in [2.05, 4.69) is 12.1 Å². The standard InChI is InChI=1S/C30H23NO4/c32-28-27(20-34-19-21-11-3-1-4-12-21)31(29(33)35-28)30(22-13-5-2-6-14-22)25-17-9-7-15-23(25)24-16-8-10-18-26(24)30/h1-18,27H,19-20H2. The van der Waals surface area contributed by atoms with Crippen LogP contribution < -0.4 is 0 Å². The second-order valence-electron chi connectivity index (χ2n) is 8.74. The molecule has 1 saturated heterocycles. The Morgan fingerprint density at radius 3 is 1.89 bits per heavy atom. The van der Waals surface area contributed by atoms with Crippen LogP contribution in [0.2, 0.25) is 0 Å². The van der Waals surface area contributed by atoms with Crippen LogP contribution in [0.25, 0.3) is 11.1 Å². The number of esters is 1. The molecule has 4 aromatic rings. The number of amides is 1. The van der Waals surface area contributed by atoms with E-state index in [1.165, 1.54) is 0 Å². The van der Waals surface area contributed by atoms with Crippen molar-refractivity contribution in [3.8, 4) is 11.1 Å². The summed E-state index contributed by atoms with van der Waals surface area (Å²) in [5, 5.41) is 0. The molecule has 35 heavy (non-hydrogen) atoms. The molecule has 0 spiro atoms. The van der Waals surface area contributed by atoms with Gasteiger partial charge in [-0.3, -0.25) is 4.90 Å². The summed E-state index contributed by atoms with van der Waals surface area (Å²) < 4.78 is 11.2. The minimum Gasteiger partial charge on any atom is -0.374 e. The number of carbonyl (C=O) groups is 2. The number of rotatable bonds is 6. The minimum atomic E-state index is -1.03. The Labute approximate surface area is 203 Å². The fraction of sp³-hybridized carbons (Fsp3) is 0.133. The first kappa shape index (κ1) is 21.3. The van der Waals surface area contributed by atoms with E-state index in [1.807, 2.05) is 97.1 Å². The topological polar surface area (TPSA) is 55.8 Å². The normalized spacial score (nSPS) is 17.7. The second-order valence-corrected chi connectivity index (χ2v) is 8.74. The lowest BCUT2D eigenvalue weighted by atomic mass is 9.78. The van der Waals surface area contributed by atoms with Crippen LogP contribution in [-0.2, 0) is 26.4 Å². The molecule has 1 fully saturated rings. The molecular formula is C30H23NO4. The number of nitrogens with zero attached hydrogens (tertiary/aromatic N) is 1. The van der Waals surface area contributed by atoms with Gasteiger partial charge in [0.25, 0.3) is 0 Å². The molecule has 1 aliphatic heterocycles. The second kappa shape index (κ2) is 8.53. The SMILES string of the molecule is O=C1OC(=O)N(C2(c3ccccc3)c3ccccc3-c3ccccc32)C1COCc1ccccc1. The largest absolute Gasteiger partial charge is 0.419 e. The maximum atomic E-state index is 13.4. The highest BCUT2D eigenvalue weighted by atomic mass is 16.6. The zero-order chi connectivity index (χ0) is 23.8. The lowest BCUT2D eigenvalue weighted by Gasteiger charge is -2.41. The van der Waals surface area contributed by atoms with Crippen LogP contribution in [-0.4, -0.2) is 29.6 Å². The summed E-state index contributed by atoms with van der Waals surface area (Å²) in [7, 11) is 0. The average Bonchev–Trinajstić information content (AvgIpc) is 3.36. The number of cyclic esters (lactones) is 2. The maximum Gasteiger partial charge on any atom is 0.419 e. The first-order chi connectivity index (χ1) is 17.2. The van der Waals surface area contributed by atoms with Crippen molar-refractivity contribution in [2.24, 2.45) is 0 Å². The molecule has 4 aromatic carbocycles. The number of benzene rings is 4. The molecular weight excluding hydrogens is 438 g/mol. The first-order valence-electron chi connectivity index (χ1n) is 11.6. The molecule has 0 N–H and O–H groups in total. The van der Waals surface area contributed by atoms with E-state index in [0.29, 0.717) is 6.61 Å². The van der Waals surface area contributed by atoms with Gasteiger partial charge in [0.15, 0.2) is 6.04 Å². The van der Waals surface area contributed by atoms with Gasteiger partial charge in [0.05, 0.1) is 13.2 Å². The van der Waals surface area contributed by atoms with E-state index >= 15 is 0 Å². The quantitative estimate of drug-likeness (QED) is 0.280. The lowest BCUT2D eigenvalue weighted by Crippen LogP contribution is -2.53. The van der Waals surface area contributed by atoms with Crippen molar-refractivity contribution < 1.29 is 19.1 Å². The summed E-state index contributed by atoms with van der Waals surface area (Å²) in [4.78, 5) is 28.1. The summed E-state index contributed by atoms with van der Waals surface area (Å²) >= 11 is 0. The number of fused-ring (bicyclic) bond motifs is 3. The van der Waals surface area contributed by atoms with Crippen LogP contribution in [0.3, 0.4) is 0 Å². The molecule has 6 rings (SSSR count). The molecule has 5 heteroatoms. The van der Waals surface area contributed by atoms with Crippen LogP contribution in [0.15, 0.2) is 109 Å². The van der Waals surface area contributed by atoms with E-state index < -0.39 is 23.6 Å². The van der Waals surface area contributed by atoms with Gasteiger partial charge in [0.1, 0.15) is 5.54 Å². The van der Waals surface area contributed by atoms with Gasteiger partial charge in [-0.25, -0.2) is 9.59 Å². The first-order valence-corrected chi connectivity index (χ1v) is 11.6. The van der Waals surface area contributed by atoms with Crippen LogP contribution in [0, 0.1) is 0 Å². The smallest absolute Gasteiger partial charge is 0.374 e. The van der Waals surface area contributed by atoms with Crippen LogP contribution in [0.5, 0.6) is 0 Å². The zero-order valence-electron chi connectivity index (χ0n) is 19.0. The summed E-state index contributed by atoms with van der Waals surface area (Å²) in [6.45, 7) is 0.358. The summed E-state index contributed by atoms with van der Waals surface area (Å²) in [5.41, 5.74) is 4.78. The van der Waals surface area contributed by atoms with E-state index in [4.69, 9.17) is 9.47 Å². The van der Waals surface area contributed by atoms with Gasteiger partial charge in [-0.05, 0) is 33.4 Å². The van der Waals surface area contributed by atoms with Crippen molar-refractivity contribution in [2.75, 3.05) is 6.61 Å². The highest BCUT2D eigenvalue weighted by Gasteiger charge is 2.58. The van der Waals surface area contributed by atoms with E-state index in [0.717, 1.165) is 33.4 Å². The van der Waals surface area contributed by atoms with Gasteiger partial charge in [-0.2, -0.15) is 0 Å². The van der Waals surface area contributed by atoms with Gasteiger partial charge in [-0.15, -0.1) is 0 Å². The lowest BCUT2D eigenvalue weighted by molar-refractivity contribution is -0.137. The summed E-state index contributed by atoms with van der Waals surface area (Å²) in [6, 6.07) is 34.8. The third-order valence-electron chi connectivity index (χ3n) is 6.83. The van der Waals surface area contributed by atoms with Crippen LogP contribution >= 0.6 is 0 Å². The summed E-state index contributed by atoms with van der Waals surface area (Å²) in [6.07, 6.45) is -0.668. The van der Waals surface area contributed by atoms with Crippen LogP contribution in [0.4, 0.5) is 4.79 Å². The fourth-order valence-electron chi connectivity index (χ4n) is 5.41. The van der Waals surface area contributed by atoms with Crippen molar-refractivity contribution in [3.05, 3.63) is 131 Å². The molecule has 1 aliphatic carbocycles. The van der Waals surface area contributed by atoms with Gasteiger partial charge in [0.2, 0.25) is 0 Å². The number of ether oxygens (including phenoxy) is 2. The van der Waals surface area contributed by atoms with Gasteiger partial charge >= 0.3 is 12.1 Å². The van der Waals surface area contributed by atoms with Crippen molar-refractivity contribution in [3.63, 3.8) is 0 Å². The highest BCUT2D eigenvalue weighted by molar-refractivity contribution is 5.98. The van der Waals surface area contributed by atoms with E-state index in [9.17, 15) is 9.59 Å². The Balaban J connectivity index is 1.50. The van der Waals surface area contributed by atoms with Crippen molar-refractivity contribution in [2.45, 2.75) is 18.2 Å². The minimum absolute atomic E-state index is 0.0262. The Hall–Kier alpha value is -4.22. The number of hydrogen-bond acceptors (Lipinski definition) is 4. The zero-order valence-corrected chi connectivity index (χ0v) is 19.0.